The number of nitrogens with one attached hydrogen (secondary N) is 1. The van der Waals surface area contributed by atoms with Gasteiger partial charge in [-0.25, -0.2) is 4.98 Å². The second-order valence-corrected chi connectivity index (χ2v) is 9.08. The lowest BCUT2D eigenvalue weighted by Crippen LogP contribution is -2.45. The number of ether oxygens (including phenoxy) is 1. The van der Waals surface area contributed by atoms with Crippen molar-refractivity contribution in [3.8, 4) is 11.3 Å². The molecule has 1 aromatic heterocycles. The van der Waals surface area contributed by atoms with Crippen LogP contribution in [0.1, 0.15) is 43.6 Å². The quantitative estimate of drug-likeness (QED) is 0.701. The summed E-state index contributed by atoms with van der Waals surface area (Å²) in [5, 5.41) is 3.42. The first-order chi connectivity index (χ1) is 13.8. The molecule has 0 aliphatic heterocycles. The van der Waals surface area contributed by atoms with Crippen LogP contribution in [0.15, 0.2) is 24.3 Å². The third-order valence-corrected chi connectivity index (χ3v) is 6.65. The van der Waals surface area contributed by atoms with Crippen LogP contribution in [0.5, 0.6) is 0 Å². The minimum absolute atomic E-state index is 0.0439. The molecule has 3 rings (SSSR count). The van der Waals surface area contributed by atoms with Gasteiger partial charge in [-0.3, -0.25) is 9.59 Å². The zero-order chi connectivity index (χ0) is 21.0. The van der Waals surface area contributed by atoms with Gasteiger partial charge in [-0.05, 0) is 25.2 Å². The molecule has 0 radical (unpaired) electrons. The molecule has 156 valence electrons. The third-order valence-electron chi connectivity index (χ3n) is 5.76. The topological polar surface area (TPSA) is 94.3 Å². The molecule has 3 N–H and O–H groups in total. The fourth-order valence-electron chi connectivity index (χ4n) is 3.79. The lowest BCUT2D eigenvalue weighted by Gasteiger charge is -2.34. The number of aryl methyl sites for hydroxylation is 1. The highest BCUT2D eigenvalue weighted by Gasteiger charge is 2.28. The number of amides is 1. The molecule has 1 aliphatic rings. The van der Waals surface area contributed by atoms with E-state index >= 15 is 0 Å². The van der Waals surface area contributed by atoms with E-state index in [9.17, 15) is 9.59 Å². The van der Waals surface area contributed by atoms with Gasteiger partial charge < -0.3 is 15.8 Å². The van der Waals surface area contributed by atoms with Gasteiger partial charge in [-0.15, -0.1) is 11.3 Å². The minimum Gasteiger partial charge on any atom is -0.455 e. The van der Waals surface area contributed by atoms with E-state index in [0.29, 0.717) is 22.7 Å². The Morgan fingerprint density at radius 3 is 2.69 bits per heavy atom. The van der Waals surface area contributed by atoms with Crippen molar-refractivity contribution >= 4 is 28.3 Å². The van der Waals surface area contributed by atoms with Crippen LogP contribution >= 0.6 is 11.3 Å². The molecule has 0 spiro atoms. The van der Waals surface area contributed by atoms with Gasteiger partial charge in [-0.2, -0.15) is 0 Å². The van der Waals surface area contributed by atoms with E-state index < -0.39 is 5.97 Å². The SMILES string of the molecule is Cc1ccc(-c2nc(N)sc2CC(=O)OCC(=O)N[C@@H]2CCC[C@H](C)[C@H]2C)cc1. The van der Waals surface area contributed by atoms with Gasteiger partial charge in [0.15, 0.2) is 11.7 Å². The van der Waals surface area contributed by atoms with Crippen molar-refractivity contribution in [2.24, 2.45) is 11.8 Å². The molecular weight excluding hydrogens is 386 g/mol. The summed E-state index contributed by atoms with van der Waals surface area (Å²) in [4.78, 5) is 29.6. The van der Waals surface area contributed by atoms with E-state index in [1.807, 2.05) is 31.2 Å². The number of thiazole rings is 1. The zero-order valence-electron chi connectivity index (χ0n) is 17.2. The molecule has 1 heterocycles. The zero-order valence-corrected chi connectivity index (χ0v) is 18.1. The van der Waals surface area contributed by atoms with E-state index in [4.69, 9.17) is 10.5 Å². The van der Waals surface area contributed by atoms with Gasteiger partial charge in [-0.1, -0.05) is 56.5 Å². The lowest BCUT2D eigenvalue weighted by atomic mass is 9.78. The molecule has 6 nitrogen and oxygen atoms in total. The largest absolute Gasteiger partial charge is 0.455 e. The fraction of sp³-hybridized carbons (Fsp3) is 0.500. The number of nitrogens with zero attached hydrogens (tertiary/aromatic N) is 1. The number of anilines is 1. The van der Waals surface area contributed by atoms with Crippen LogP contribution in [0.2, 0.25) is 0 Å². The van der Waals surface area contributed by atoms with Crippen molar-refractivity contribution in [2.75, 3.05) is 12.3 Å². The Balaban J connectivity index is 1.55. The number of hydrogen-bond donors (Lipinski definition) is 2. The fourth-order valence-corrected chi connectivity index (χ4v) is 4.63. The Kier molecular flexibility index (Phi) is 6.90. The molecule has 1 aliphatic carbocycles. The Labute approximate surface area is 175 Å². The highest BCUT2D eigenvalue weighted by Crippen LogP contribution is 2.31. The summed E-state index contributed by atoms with van der Waals surface area (Å²) in [6, 6.07) is 8.05. The van der Waals surface area contributed by atoms with E-state index in [-0.39, 0.29) is 25.0 Å². The van der Waals surface area contributed by atoms with Crippen LogP contribution in [0, 0.1) is 18.8 Å². The minimum atomic E-state index is -0.456. The van der Waals surface area contributed by atoms with Crippen molar-refractivity contribution in [1.29, 1.82) is 0 Å². The predicted octanol–water partition coefficient (Wildman–Crippen LogP) is 3.73. The van der Waals surface area contributed by atoms with Gasteiger partial charge >= 0.3 is 5.97 Å². The van der Waals surface area contributed by atoms with E-state index in [2.05, 4.69) is 24.1 Å². The number of aromatic nitrogens is 1. The number of carbonyl (C=O) groups excluding carboxylic acids is 2. The Hall–Kier alpha value is -2.41. The van der Waals surface area contributed by atoms with Gasteiger partial charge in [0.1, 0.15) is 0 Å². The maximum Gasteiger partial charge on any atom is 0.311 e. The van der Waals surface area contributed by atoms with Gasteiger partial charge in [0, 0.05) is 16.5 Å². The van der Waals surface area contributed by atoms with E-state index in [1.165, 1.54) is 17.8 Å². The first-order valence-corrected chi connectivity index (χ1v) is 10.9. The molecule has 3 atom stereocenters. The summed E-state index contributed by atoms with van der Waals surface area (Å²) in [7, 11) is 0. The van der Waals surface area contributed by atoms with Crippen LogP contribution in [0.4, 0.5) is 5.13 Å². The van der Waals surface area contributed by atoms with Crippen molar-refractivity contribution in [1.82, 2.24) is 10.3 Å². The van der Waals surface area contributed by atoms with Crippen molar-refractivity contribution in [2.45, 2.75) is 52.5 Å². The van der Waals surface area contributed by atoms with Crippen LogP contribution < -0.4 is 11.1 Å². The molecule has 29 heavy (non-hydrogen) atoms. The molecular formula is C22H29N3O3S. The number of nitrogens with two attached hydrogens (primary N) is 1. The number of benzene rings is 1. The van der Waals surface area contributed by atoms with Gasteiger partial charge in [0.05, 0.1) is 12.1 Å². The van der Waals surface area contributed by atoms with Crippen molar-refractivity contribution in [3.05, 3.63) is 34.7 Å². The van der Waals surface area contributed by atoms with Crippen LogP contribution in [0.3, 0.4) is 0 Å². The maximum absolute atomic E-state index is 12.3. The number of esters is 1. The molecule has 1 aromatic carbocycles. The number of nitrogen functional groups attached to an aromatic ring is 1. The number of rotatable bonds is 6. The molecule has 0 saturated heterocycles. The summed E-state index contributed by atoms with van der Waals surface area (Å²) in [5.74, 6) is 0.323. The number of hydrogen-bond acceptors (Lipinski definition) is 6. The Bertz CT molecular complexity index is 863. The second-order valence-electron chi connectivity index (χ2n) is 7.97. The summed E-state index contributed by atoms with van der Waals surface area (Å²) in [6.45, 7) is 6.14. The maximum atomic E-state index is 12.3. The highest BCUT2D eigenvalue weighted by molar-refractivity contribution is 7.15. The van der Waals surface area contributed by atoms with E-state index in [1.54, 1.807) is 0 Å². The Morgan fingerprint density at radius 2 is 1.97 bits per heavy atom. The second kappa shape index (κ2) is 9.39. The standard InChI is InChI=1S/C22H29N3O3S/c1-13-7-9-16(10-8-13)21-18(29-22(23)25-21)11-20(27)28-12-19(26)24-17-6-4-5-14(2)15(17)3/h7-10,14-15,17H,4-6,11-12H2,1-3H3,(H2,23,25)(H,24,26)/t14-,15+,17+/m0/s1. The molecule has 0 unspecified atom stereocenters. The smallest absolute Gasteiger partial charge is 0.311 e. The van der Waals surface area contributed by atoms with E-state index in [0.717, 1.165) is 28.8 Å². The van der Waals surface area contributed by atoms with Crippen LogP contribution in [-0.4, -0.2) is 29.5 Å². The summed E-state index contributed by atoms with van der Waals surface area (Å²) in [6.07, 6.45) is 3.34. The van der Waals surface area contributed by atoms with Gasteiger partial charge in [0.2, 0.25) is 0 Å². The third kappa shape index (κ3) is 5.56. The average Bonchev–Trinajstić information content (AvgIpc) is 3.04. The van der Waals surface area contributed by atoms with Crippen molar-refractivity contribution in [3.63, 3.8) is 0 Å². The average molecular weight is 416 g/mol. The van der Waals surface area contributed by atoms with Crippen LogP contribution in [0.25, 0.3) is 11.3 Å². The molecule has 2 aromatic rings. The first kappa shape index (κ1) is 21.3. The summed E-state index contributed by atoms with van der Waals surface area (Å²) >= 11 is 1.27. The highest BCUT2D eigenvalue weighted by atomic mass is 32.1. The molecule has 0 bridgehead atoms. The first-order valence-electron chi connectivity index (χ1n) is 10.1. The van der Waals surface area contributed by atoms with Crippen LogP contribution in [-0.2, 0) is 20.7 Å². The number of carbonyl (C=O) groups is 2. The molecule has 7 heteroatoms. The van der Waals surface area contributed by atoms with Crippen molar-refractivity contribution < 1.29 is 14.3 Å². The predicted molar refractivity (Wildman–Crippen MR) is 115 cm³/mol. The lowest BCUT2D eigenvalue weighted by molar-refractivity contribution is -0.148. The molecule has 1 saturated carbocycles. The molecule has 1 amide bonds. The summed E-state index contributed by atoms with van der Waals surface area (Å²) in [5.41, 5.74) is 8.61. The summed E-state index contributed by atoms with van der Waals surface area (Å²) < 4.78 is 5.22. The Morgan fingerprint density at radius 1 is 1.24 bits per heavy atom. The van der Waals surface area contributed by atoms with Gasteiger partial charge in [0.25, 0.3) is 5.91 Å². The monoisotopic (exact) mass is 415 g/mol. The normalized spacial score (nSPS) is 21.6. The molecule has 1 fully saturated rings.